The number of nitrogens with one attached hydrogen (secondary N) is 1. The highest BCUT2D eigenvalue weighted by molar-refractivity contribution is 7.99. The molecule has 2 unspecified atom stereocenters. The normalized spacial score (nSPS) is 15.1. The lowest BCUT2D eigenvalue weighted by molar-refractivity contribution is 0.541. The third kappa shape index (κ3) is 3.27. The predicted molar refractivity (Wildman–Crippen MR) is 60.5 cm³/mol. The molecule has 78 valence electrons. The Labute approximate surface area is 89.7 Å². The standard InChI is InChI=1S/C10H17N3S/c1-4-9(11-3)8(2)14-10-5-6-12-7-13-10/h5-9,11H,4H2,1-3H3. The molecule has 0 spiro atoms. The molecule has 1 aromatic heterocycles. The van der Waals surface area contributed by atoms with Gasteiger partial charge in [0.05, 0.1) is 5.03 Å². The fourth-order valence-electron chi connectivity index (χ4n) is 1.39. The third-order valence-corrected chi connectivity index (χ3v) is 3.42. The Balaban J connectivity index is 2.52. The molecule has 0 saturated heterocycles. The van der Waals surface area contributed by atoms with Crippen LogP contribution in [0.4, 0.5) is 0 Å². The van der Waals surface area contributed by atoms with E-state index in [9.17, 15) is 0 Å². The Kier molecular flexibility index (Phi) is 4.90. The first-order valence-corrected chi connectivity index (χ1v) is 5.75. The third-order valence-electron chi connectivity index (χ3n) is 2.24. The summed E-state index contributed by atoms with van der Waals surface area (Å²) in [6.45, 7) is 4.41. The molecule has 4 heteroatoms. The van der Waals surface area contributed by atoms with Crippen molar-refractivity contribution in [1.82, 2.24) is 15.3 Å². The monoisotopic (exact) mass is 211 g/mol. The first-order chi connectivity index (χ1) is 6.77. The molecule has 0 saturated carbocycles. The molecule has 1 aromatic rings. The highest BCUT2D eigenvalue weighted by atomic mass is 32.2. The van der Waals surface area contributed by atoms with Crippen molar-refractivity contribution in [3.8, 4) is 0 Å². The van der Waals surface area contributed by atoms with Gasteiger partial charge in [0.25, 0.3) is 0 Å². The van der Waals surface area contributed by atoms with Crippen molar-refractivity contribution in [3.63, 3.8) is 0 Å². The van der Waals surface area contributed by atoms with Crippen molar-refractivity contribution < 1.29 is 0 Å². The van der Waals surface area contributed by atoms with Crippen molar-refractivity contribution in [2.75, 3.05) is 7.05 Å². The number of hydrogen-bond donors (Lipinski definition) is 1. The number of rotatable bonds is 5. The predicted octanol–water partition coefficient (Wildman–Crippen LogP) is 1.96. The quantitative estimate of drug-likeness (QED) is 0.597. The van der Waals surface area contributed by atoms with Gasteiger partial charge < -0.3 is 5.32 Å². The van der Waals surface area contributed by atoms with E-state index in [1.54, 1.807) is 24.3 Å². The van der Waals surface area contributed by atoms with Gasteiger partial charge in [0.2, 0.25) is 0 Å². The molecule has 0 bridgehead atoms. The summed E-state index contributed by atoms with van der Waals surface area (Å²) in [7, 11) is 2.01. The highest BCUT2D eigenvalue weighted by Crippen LogP contribution is 2.23. The van der Waals surface area contributed by atoms with Crippen molar-refractivity contribution in [1.29, 1.82) is 0 Å². The molecule has 0 aliphatic rings. The average Bonchev–Trinajstić information content (AvgIpc) is 2.21. The van der Waals surface area contributed by atoms with Gasteiger partial charge in [0.1, 0.15) is 6.33 Å². The second kappa shape index (κ2) is 5.98. The molecule has 0 amide bonds. The van der Waals surface area contributed by atoms with Crippen LogP contribution in [0.25, 0.3) is 0 Å². The zero-order valence-corrected chi connectivity index (χ0v) is 9.71. The molecule has 0 fully saturated rings. The highest BCUT2D eigenvalue weighted by Gasteiger charge is 2.14. The van der Waals surface area contributed by atoms with Crippen LogP contribution in [0, 0.1) is 0 Å². The molecule has 0 aromatic carbocycles. The van der Waals surface area contributed by atoms with Crippen LogP contribution in [-0.2, 0) is 0 Å². The number of aromatic nitrogens is 2. The van der Waals surface area contributed by atoms with E-state index in [2.05, 4.69) is 29.1 Å². The lowest BCUT2D eigenvalue weighted by Crippen LogP contribution is -2.33. The molecule has 0 radical (unpaired) electrons. The lowest BCUT2D eigenvalue weighted by atomic mass is 10.2. The van der Waals surface area contributed by atoms with Crippen LogP contribution in [0.5, 0.6) is 0 Å². The molecule has 1 rings (SSSR count). The molecule has 0 aliphatic heterocycles. The first-order valence-electron chi connectivity index (χ1n) is 4.87. The molecule has 1 heterocycles. The maximum Gasteiger partial charge on any atom is 0.116 e. The molecule has 1 N–H and O–H groups in total. The number of hydrogen-bond acceptors (Lipinski definition) is 4. The maximum atomic E-state index is 4.19. The van der Waals surface area contributed by atoms with E-state index in [0.29, 0.717) is 11.3 Å². The van der Waals surface area contributed by atoms with Crippen molar-refractivity contribution >= 4 is 11.8 Å². The van der Waals surface area contributed by atoms with Gasteiger partial charge in [-0.05, 0) is 19.5 Å². The van der Waals surface area contributed by atoms with Gasteiger partial charge in [-0.1, -0.05) is 13.8 Å². The van der Waals surface area contributed by atoms with Gasteiger partial charge in [0.15, 0.2) is 0 Å². The van der Waals surface area contributed by atoms with Gasteiger partial charge in [-0.3, -0.25) is 0 Å². The van der Waals surface area contributed by atoms with Crippen molar-refractivity contribution in [2.24, 2.45) is 0 Å². The van der Waals surface area contributed by atoms with Crippen molar-refractivity contribution in [2.45, 2.75) is 36.6 Å². The molecule has 2 atom stereocenters. The van der Waals surface area contributed by atoms with Gasteiger partial charge in [-0.15, -0.1) is 11.8 Å². The summed E-state index contributed by atoms with van der Waals surface area (Å²) in [6, 6.07) is 2.48. The van der Waals surface area contributed by atoms with E-state index < -0.39 is 0 Å². The Morgan fingerprint density at radius 1 is 1.57 bits per heavy atom. The molecular formula is C10H17N3S. The van der Waals surface area contributed by atoms with E-state index in [4.69, 9.17) is 0 Å². The largest absolute Gasteiger partial charge is 0.316 e. The van der Waals surface area contributed by atoms with Crippen LogP contribution in [0.1, 0.15) is 20.3 Å². The number of thioether (sulfide) groups is 1. The minimum atomic E-state index is 0.528. The summed E-state index contributed by atoms with van der Waals surface area (Å²) < 4.78 is 0. The fraction of sp³-hybridized carbons (Fsp3) is 0.600. The van der Waals surface area contributed by atoms with Crippen LogP contribution in [0.15, 0.2) is 23.6 Å². The van der Waals surface area contributed by atoms with Gasteiger partial charge in [0, 0.05) is 17.5 Å². The van der Waals surface area contributed by atoms with E-state index in [0.717, 1.165) is 11.4 Å². The van der Waals surface area contributed by atoms with Crippen LogP contribution in [0.2, 0.25) is 0 Å². The minimum absolute atomic E-state index is 0.528. The zero-order chi connectivity index (χ0) is 10.4. The summed E-state index contributed by atoms with van der Waals surface area (Å²) >= 11 is 1.79. The summed E-state index contributed by atoms with van der Waals surface area (Å²) in [4.78, 5) is 8.09. The van der Waals surface area contributed by atoms with E-state index in [-0.39, 0.29) is 0 Å². The topological polar surface area (TPSA) is 37.8 Å². The summed E-state index contributed by atoms with van der Waals surface area (Å²) in [5.41, 5.74) is 0. The maximum absolute atomic E-state index is 4.19. The summed E-state index contributed by atoms with van der Waals surface area (Å²) in [5, 5.41) is 4.88. The van der Waals surface area contributed by atoms with E-state index in [1.165, 1.54) is 0 Å². The Bertz CT molecular complexity index is 249. The van der Waals surface area contributed by atoms with Crippen LogP contribution >= 0.6 is 11.8 Å². The fourth-order valence-corrected chi connectivity index (χ4v) is 2.51. The van der Waals surface area contributed by atoms with Gasteiger partial charge in [-0.2, -0.15) is 0 Å². The van der Waals surface area contributed by atoms with E-state index in [1.807, 2.05) is 13.1 Å². The van der Waals surface area contributed by atoms with E-state index >= 15 is 0 Å². The smallest absolute Gasteiger partial charge is 0.116 e. The van der Waals surface area contributed by atoms with Gasteiger partial charge in [-0.25, -0.2) is 9.97 Å². The molecule has 14 heavy (non-hydrogen) atoms. The summed E-state index contributed by atoms with van der Waals surface area (Å²) in [5.74, 6) is 0. The Hall–Kier alpha value is -0.610. The summed E-state index contributed by atoms with van der Waals surface area (Å²) in [6.07, 6.45) is 4.51. The zero-order valence-electron chi connectivity index (χ0n) is 8.90. The lowest BCUT2D eigenvalue weighted by Gasteiger charge is -2.20. The Morgan fingerprint density at radius 3 is 2.86 bits per heavy atom. The minimum Gasteiger partial charge on any atom is -0.316 e. The van der Waals surface area contributed by atoms with Crippen LogP contribution < -0.4 is 5.32 Å². The number of nitrogens with zero attached hydrogens (tertiary/aromatic N) is 2. The second-order valence-corrected chi connectivity index (χ2v) is 4.57. The van der Waals surface area contributed by atoms with Crippen molar-refractivity contribution in [3.05, 3.63) is 18.6 Å². The molecule has 0 aliphatic carbocycles. The van der Waals surface area contributed by atoms with Gasteiger partial charge >= 0.3 is 0 Å². The molecule has 3 nitrogen and oxygen atoms in total. The second-order valence-electron chi connectivity index (χ2n) is 3.17. The van der Waals surface area contributed by atoms with Crippen LogP contribution in [0.3, 0.4) is 0 Å². The Morgan fingerprint density at radius 2 is 2.36 bits per heavy atom. The first kappa shape index (κ1) is 11.5. The SMILES string of the molecule is CCC(NC)C(C)Sc1ccncn1. The molecular weight excluding hydrogens is 194 g/mol. The van der Waals surface area contributed by atoms with Crippen LogP contribution in [-0.4, -0.2) is 28.3 Å². The average molecular weight is 211 g/mol.